The first-order valence-corrected chi connectivity index (χ1v) is 21.1. The van der Waals surface area contributed by atoms with Gasteiger partial charge in [0.2, 0.25) is 0 Å². The van der Waals surface area contributed by atoms with E-state index in [0.29, 0.717) is 5.82 Å². The Balaban J connectivity index is 1.11. The van der Waals surface area contributed by atoms with Gasteiger partial charge in [-0.1, -0.05) is 206 Å². The molecule has 0 bridgehead atoms. The van der Waals surface area contributed by atoms with Crippen molar-refractivity contribution < 1.29 is 0 Å². The van der Waals surface area contributed by atoms with Gasteiger partial charge >= 0.3 is 0 Å². The van der Waals surface area contributed by atoms with E-state index in [1.165, 1.54) is 82.4 Å². The van der Waals surface area contributed by atoms with Crippen LogP contribution in [0.1, 0.15) is 22.3 Å². The third kappa shape index (κ3) is 4.85. The van der Waals surface area contributed by atoms with Crippen LogP contribution in [-0.4, -0.2) is 9.97 Å². The zero-order chi connectivity index (χ0) is 40.1. The summed E-state index contributed by atoms with van der Waals surface area (Å²) in [5.74, 6) is 0.698. The van der Waals surface area contributed by atoms with Gasteiger partial charge in [-0.05, 0) is 100 Å². The van der Waals surface area contributed by atoms with Gasteiger partial charge in [0.1, 0.15) is 0 Å². The van der Waals surface area contributed by atoms with Crippen molar-refractivity contribution in [3.05, 3.63) is 241 Å². The molecule has 0 N–H and O–H groups in total. The molecular formula is C59H36N2. The lowest BCUT2D eigenvalue weighted by atomic mass is 9.70. The van der Waals surface area contributed by atoms with Crippen LogP contribution in [0, 0.1) is 0 Å². The van der Waals surface area contributed by atoms with Crippen molar-refractivity contribution in [3.8, 4) is 67.3 Å². The van der Waals surface area contributed by atoms with Gasteiger partial charge in [-0.15, -0.1) is 0 Å². The zero-order valence-corrected chi connectivity index (χ0v) is 33.2. The van der Waals surface area contributed by atoms with Crippen LogP contribution in [-0.2, 0) is 5.41 Å². The van der Waals surface area contributed by atoms with Gasteiger partial charge in [0.25, 0.3) is 0 Å². The van der Waals surface area contributed by atoms with Crippen LogP contribution >= 0.6 is 0 Å². The molecule has 1 heterocycles. The lowest BCUT2D eigenvalue weighted by Gasteiger charge is -2.30. The number of hydrogen-bond donors (Lipinski definition) is 0. The molecule has 0 aliphatic heterocycles. The summed E-state index contributed by atoms with van der Waals surface area (Å²) in [6, 6.07) is 79.7. The van der Waals surface area contributed by atoms with E-state index >= 15 is 0 Å². The maximum atomic E-state index is 5.55. The first-order chi connectivity index (χ1) is 30.3. The molecule has 0 atom stereocenters. The van der Waals surface area contributed by atoms with Gasteiger partial charge in [0.05, 0.1) is 16.8 Å². The standard InChI is InChI=1S/C59H36N2/c1-2-15-37(16-3-1)38-29-31-40(32-30-38)58-60-54(36-55(61-58)57-43-20-7-5-18-41(43)35-49-42-19-6-4-17-39(42)33-34-46(49)57)48-24-14-28-53-56(48)47-23-10-13-27-52(47)59(53)50-25-11-8-21-44(50)45-22-9-12-26-51(45)59/h1-36H. The largest absolute Gasteiger partial charge is 0.228 e. The molecule has 10 aromatic carbocycles. The minimum atomic E-state index is -0.450. The van der Waals surface area contributed by atoms with Crippen molar-refractivity contribution in [2.24, 2.45) is 0 Å². The second-order valence-corrected chi connectivity index (χ2v) is 16.4. The molecule has 0 amide bonds. The molecule has 0 radical (unpaired) electrons. The predicted molar refractivity (Wildman–Crippen MR) is 253 cm³/mol. The molecule has 1 spiro atoms. The van der Waals surface area contributed by atoms with Crippen LogP contribution in [0.3, 0.4) is 0 Å². The third-order valence-corrected chi connectivity index (χ3v) is 13.3. The summed E-state index contributed by atoms with van der Waals surface area (Å²) in [7, 11) is 0. The Bertz CT molecular complexity index is 3540. The Kier molecular flexibility index (Phi) is 7.26. The minimum absolute atomic E-state index is 0.450. The van der Waals surface area contributed by atoms with E-state index in [1.807, 2.05) is 0 Å². The molecule has 0 saturated heterocycles. The monoisotopic (exact) mass is 772 g/mol. The van der Waals surface area contributed by atoms with Crippen LogP contribution < -0.4 is 0 Å². The number of aromatic nitrogens is 2. The Morgan fingerprint density at radius 3 is 1.57 bits per heavy atom. The molecule has 2 heteroatoms. The fourth-order valence-corrected chi connectivity index (χ4v) is 10.7. The van der Waals surface area contributed by atoms with E-state index < -0.39 is 5.41 Å². The summed E-state index contributed by atoms with van der Waals surface area (Å²) in [6.45, 7) is 0. The summed E-state index contributed by atoms with van der Waals surface area (Å²) < 4.78 is 0. The van der Waals surface area contributed by atoms with Crippen molar-refractivity contribution in [3.63, 3.8) is 0 Å². The number of rotatable bonds is 4. The van der Waals surface area contributed by atoms with Gasteiger partial charge in [-0.3, -0.25) is 0 Å². The van der Waals surface area contributed by atoms with Gasteiger partial charge in [-0.2, -0.15) is 0 Å². The summed E-state index contributed by atoms with van der Waals surface area (Å²) in [4.78, 5) is 11.1. The Hall–Kier alpha value is -7.94. The molecule has 61 heavy (non-hydrogen) atoms. The highest BCUT2D eigenvalue weighted by atomic mass is 14.9. The van der Waals surface area contributed by atoms with E-state index in [-0.39, 0.29) is 0 Å². The Morgan fingerprint density at radius 1 is 0.279 bits per heavy atom. The normalized spacial score (nSPS) is 13.0. The van der Waals surface area contributed by atoms with Gasteiger partial charge in [-0.25, -0.2) is 9.97 Å². The first-order valence-electron chi connectivity index (χ1n) is 21.1. The fourth-order valence-electron chi connectivity index (χ4n) is 10.7. The van der Waals surface area contributed by atoms with Crippen LogP contribution in [0.5, 0.6) is 0 Å². The summed E-state index contributed by atoms with van der Waals surface area (Å²) in [5.41, 5.74) is 17.2. The number of benzene rings is 10. The third-order valence-electron chi connectivity index (χ3n) is 13.3. The summed E-state index contributed by atoms with van der Waals surface area (Å²) in [5, 5.41) is 7.21. The molecule has 2 nitrogen and oxygen atoms in total. The van der Waals surface area contributed by atoms with Crippen LogP contribution in [0.25, 0.3) is 99.6 Å². The molecule has 13 rings (SSSR count). The van der Waals surface area contributed by atoms with Crippen LogP contribution in [0.15, 0.2) is 218 Å². The molecule has 2 aliphatic rings. The topological polar surface area (TPSA) is 25.8 Å². The lowest BCUT2D eigenvalue weighted by molar-refractivity contribution is 0.794. The summed E-state index contributed by atoms with van der Waals surface area (Å²) in [6.07, 6.45) is 0. The van der Waals surface area contributed by atoms with E-state index in [0.717, 1.165) is 33.6 Å². The van der Waals surface area contributed by atoms with E-state index in [4.69, 9.17) is 9.97 Å². The fraction of sp³-hybridized carbons (Fsp3) is 0.0169. The highest BCUT2D eigenvalue weighted by molar-refractivity contribution is 6.20. The quantitative estimate of drug-likeness (QED) is 0.132. The van der Waals surface area contributed by atoms with Crippen molar-refractivity contribution in [2.45, 2.75) is 5.41 Å². The van der Waals surface area contributed by atoms with Crippen molar-refractivity contribution in [1.82, 2.24) is 9.97 Å². The molecule has 0 saturated carbocycles. The second kappa shape index (κ2) is 13.0. The first kappa shape index (κ1) is 34.0. The number of nitrogens with zero attached hydrogens (tertiary/aromatic N) is 2. The Morgan fingerprint density at radius 2 is 0.820 bits per heavy atom. The van der Waals surface area contributed by atoms with E-state index in [1.54, 1.807) is 0 Å². The van der Waals surface area contributed by atoms with Crippen molar-refractivity contribution in [2.75, 3.05) is 0 Å². The van der Waals surface area contributed by atoms with Gasteiger partial charge < -0.3 is 0 Å². The average Bonchev–Trinajstić information content (AvgIpc) is 3.81. The maximum absolute atomic E-state index is 5.55. The molecule has 2 aliphatic carbocycles. The van der Waals surface area contributed by atoms with Crippen molar-refractivity contribution >= 4 is 32.3 Å². The van der Waals surface area contributed by atoms with E-state index in [2.05, 4.69) is 218 Å². The molecule has 0 fully saturated rings. The molecule has 0 unspecified atom stereocenters. The summed E-state index contributed by atoms with van der Waals surface area (Å²) >= 11 is 0. The number of fused-ring (bicyclic) bond motifs is 14. The molecule has 282 valence electrons. The van der Waals surface area contributed by atoms with Crippen LogP contribution in [0.4, 0.5) is 0 Å². The minimum Gasteiger partial charge on any atom is -0.228 e. The highest BCUT2D eigenvalue weighted by Gasteiger charge is 2.52. The zero-order valence-electron chi connectivity index (χ0n) is 33.2. The maximum Gasteiger partial charge on any atom is 0.160 e. The Labute approximate surface area is 354 Å². The number of hydrogen-bond acceptors (Lipinski definition) is 2. The lowest BCUT2D eigenvalue weighted by Crippen LogP contribution is -2.25. The smallest absolute Gasteiger partial charge is 0.160 e. The van der Waals surface area contributed by atoms with E-state index in [9.17, 15) is 0 Å². The van der Waals surface area contributed by atoms with Crippen molar-refractivity contribution in [1.29, 1.82) is 0 Å². The highest BCUT2D eigenvalue weighted by Crippen LogP contribution is 2.64. The molecule has 11 aromatic rings. The predicted octanol–water partition coefficient (Wildman–Crippen LogP) is 14.9. The average molecular weight is 773 g/mol. The second-order valence-electron chi connectivity index (χ2n) is 16.4. The van der Waals surface area contributed by atoms with Gasteiger partial charge in [0.15, 0.2) is 5.82 Å². The molecular weight excluding hydrogens is 737 g/mol. The van der Waals surface area contributed by atoms with Gasteiger partial charge in [0, 0.05) is 16.7 Å². The SMILES string of the molecule is c1ccc(-c2ccc(-c3nc(-c4cccc5c4-c4ccccc4C54c5ccccc5-c5ccccc54)cc(-c4c5ccccc5cc5c4ccc4ccccc45)n3)cc2)cc1. The van der Waals surface area contributed by atoms with Crippen LogP contribution in [0.2, 0.25) is 0 Å². The molecule has 1 aromatic heterocycles.